The zero-order valence-corrected chi connectivity index (χ0v) is 20.6. The van der Waals surface area contributed by atoms with E-state index < -0.39 is 0 Å². The molecular weight excluding hydrogens is 418 g/mol. The van der Waals surface area contributed by atoms with Crippen molar-refractivity contribution in [3.05, 3.63) is 48.0 Å². The van der Waals surface area contributed by atoms with Crippen molar-refractivity contribution < 1.29 is 9.53 Å². The smallest absolute Gasteiger partial charge is 0.221 e. The first-order chi connectivity index (χ1) is 15.1. The summed E-state index contributed by atoms with van der Waals surface area (Å²) in [5.74, 6) is 1.09. The van der Waals surface area contributed by atoms with Crippen molar-refractivity contribution >= 4 is 40.3 Å². The third-order valence-corrected chi connectivity index (χ3v) is 5.83. The summed E-state index contributed by atoms with van der Waals surface area (Å²) in [5, 5.41) is 6.86. The average molecular weight is 454 g/mol. The molecular formula is C26H35N3O2S. The number of nitrogens with one attached hydrogen (secondary N) is 2. The fraction of sp³-hybridized carbons (Fsp3) is 0.462. The van der Waals surface area contributed by atoms with Crippen LogP contribution in [0.2, 0.25) is 0 Å². The van der Waals surface area contributed by atoms with E-state index in [1.807, 2.05) is 24.3 Å². The third-order valence-electron chi connectivity index (χ3n) is 5.50. The number of carbonyl (C=O) groups is 1. The number of rotatable bonds is 7. The Morgan fingerprint density at radius 2 is 1.94 bits per heavy atom. The minimum Gasteiger partial charge on any atom is -0.491 e. The quantitative estimate of drug-likeness (QED) is 0.486. The lowest BCUT2D eigenvalue weighted by Gasteiger charge is -2.24. The van der Waals surface area contributed by atoms with Gasteiger partial charge in [0.2, 0.25) is 5.91 Å². The molecule has 0 saturated carbocycles. The fourth-order valence-corrected chi connectivity index (χ4v) is 4.58. The van der Waals surface area contributed by atoms with E-state index in [9.17, 15) is 4.79 Å². The summed E-state index contributed by atoms with van der Waals surface area (Å²) in [6.07, 6.45) is 3.08. The number of hydrogen-bond donors (Lipinski definition) is 2. The molecule has 1 aliphatic rings. The zero-order valence-electron chi connectivity index (χ0n) is 19.8. The monoisotopic (exact) mass is 453 g/mol. The van der Waals surface area contributed by atoms with Gasteiger partial charge < -0.3 is 20.3 Å². The Hall–Kier alpha value is -2.60. The molecule has 0 aromatic heterocycles. The summed E-state index contributed by atoms with van der Waals surface area (Å²) < 4.78 is 6.12. The van der Waals surface area contributed by atoms with Gasteiger partial charge in [0.05, 0.1) is 12.3 Å². The minimum absolute atomic E-state index is 0.124. The predicted molar refractivity (Wildman–Crippen MR) is 138 cm³/mol. The molecule has 1 atom stereocenters. The van der Waals surface area contributed by atoms with Crippen molar-refractivity contribution in [3.8, 4) is 5.75 Å². The van der Waals surface area contributed by atoms with Gasteiger partial charge in [0.25, 0.3) is 0 Å². The molecule has 1 heterocycles. The third kappa shape index (κ3) is 6.70. The summed E-state index contributed by atoms with van der Waals surface area (Å²) in [6.45, 7) is 12.0. The predicted octanol–water partition coefficient (Wildman–Crippen LogP) is 6.25. The number of benzene rings is 2. The van der Waals surface area contributed by atoms with Crippen LogP contribution in [-0.2, 0) is 11.2 Å². The lowest BCUT2D eigenvalue weighted by molar-refractivity contribution is -0.114. The van der Waals surface area contributed by atoms with Crippen LogP contribution < -0.4 is 20.3 Å². The number of fused-ring (bicyclic) bond motifs is 1. The molecule has 0 radical (unpaired) electrons. The first-order valence-electron chi connectivity index (χ1n) is 11.3. The molecule has 0 bridgehead atoms. The van der Waals surface area contributed by atoms with Gasteiger partial charge in [0, 0.05) is 30.9 Å². The number of thiocarbonyl (C=S) groups is 1. The zero-order chi connectivity index (χ0) is 23.3. The average Bonchev–Trinajstić information content (AvgIpc) is 3.12. The molecule has 0 aliphatic carbocycles. The van der Waals surface area contributed by atoms with Crippen LogP contribution in [0, 0.1) is 11.3 Å². The Balaban J connectivity index is 1.68. The van der Waals surface area contributed by atoms with Crippen molar-refractivity contribution in [1.29, 1.82) is 0 Å². The van der Waals surface area contributed by atoms with Gasteiger partial charge in [-0.1, -0.05) is 45.9 Å². The van der Waals surface area contributed by atoms with E-state index >= 15 is 0 Å². The lowest BCUT2D eigenvalue weighted by Crippen LogP contribution is -2.33. The van der Waals surface area contributed by atoms with Crippen LogP contribution in [0.3, 0.4) is 0 Å². The summed E-state index contributed by atoms with van der Waals surface area (Å²) in [6, 6.07) is 14.0. The van der Waals surface area contributed by atoms with Crippen molar-refractivity contribution in [1.82, 2.24) is 0 Å². The highest BCUT2D eigenvalue weighted by atomic mass is 32.1. The van der Waals surface area contributed by atoms with Crippen LogP contribution in [0.5, 0.6) is 5.75 Å². The van der Waals surface area contributed by atoms with Crippen LogP contribution in [0.4, 0.5) is 17.1 Å². The first kappa shape index (κ1) is 24.1. The van der Waals surface area contributed by atoms with Gasteiger partial charge in [-0.2, -0.15) is 0 Å². The molecule has 2 aromatic rings. The summed E-state index contributed by atoms with van der Waals surface area (Å²) in [7, 11) is 0. The van der Waals surface area contributed by atoms with Crippen molar-refractivity contribution in [2.45, 2.75) is 53.9 Å². The van der Waals surface area contributed by atoms with Gasteiger partial charge >= 0.3 is 0 Å². The van der Waals surface area contributed by atoms with Gasteiger partial charge in [-0.25, -0.2) is 0 Å². The van der Waals surface area contributed by atoms with Crippen LogP contribution >= 0.6 is 12.2 Å². The van der Waals surface area contributed by atoms with E-state index in [1.54, 1.807) is 0 Å². The minimum atomic E-state index is -0.124. The number of nitrogens with zero attached hydrogens (tertiary/aromatic N) is 1. The second kappa shape index (κ2) is 10.3. The maximum absolute atomic E-state index is 11.6. The maximum atomic E-state index is 11.6. The highest BCUT2D eigenvalue weighted by molar-refractivity contribution is 7.80. The molecule has 5 nitrogen and oxygen atoms in total. The van der Waals surface area contributed by atoms with Gasteiger partial charge in [-0.15, -0.1) is 0 Å². The van der Waals surface area contributed by atoms with Crippen LogP contribution in [0.25, 0.3) is 0 Å². The molecule has 1 amide bonds. The Kier molecular flexibility index (Phi) is 7.77. The van der Waals surface area contributed by atoms with E-state index in [4.69, 9.17) is 17.0 Å². The molecule has 1 aliphatic heterocycles. The van der Waals surface area contributed by atoms with E-state index in [0.29, 0.717) is 34.5 Å². The number of carbonyl (C=O) groups excluding carboxylic acids is 1. The molecule has 0 spiro atoms. The van der Waals surface area contributed by atoms with E-state index in [2.05, 4.69) is 61.4 Å². The van der Waals surface area contributed by atoms with Crippen molar-refractivity contribution in [2.24, 2.45) is 11.3 Å². The summed E-state index contributed by atoms with van der Waals surface area (Å²) in [4.78, 5) is 13.8. The molecule has 2 N–H and O–H groups in total. The van der Waals surface area contributed by atoms with Gasteiger partial charge in [-0.3, -0.25) is 4.79 Å². The summed E-state index contributed by atoms with van der Waals surface area (Å²) in [5.41, 5.74) is 4.28. The standard InChI is InChI=1S/C26H35N3O2S/c1-18(17-26(3,4)5)13-15-31-24-16-21(10-11-22(24)27-19(2)30)28-25(32)29-14-12-20-8-6-7-9-23(20)29/h6-11,16,18H,12-15,17H2,1-5H3,(H,27,30)(H,28,32). The summed E-state index contributed by atoms with van der Waals surface area (Å²) >= 11 is 5.69. The number of hydrogen-bond acceptors (Lipinski definition) is 3. The van der Waals surface area contributed by atoms with Gasteiger partial charge in [-0.05, 0) is 66.6 Å². The Morgan fingerprint density at radius 3 is 2.66 bits per heavy atom. The van der Waals surface area contributed by atoms with Crippen molar-refractivity contribution in [2.75, 3.05) is 28.7 Å². The molecule has 32 heavy (non-hydrogen) atoms. The maximum Gasteiger partial charge on any atom is 0.221 e. The second-order valence-corrected chi connectivity index (χ2v) is 10.2. The molecule has 2 aromatic carbocycles. The highest BCUT2D eigenvalue weighted by Crippen LogP contribution is 2.32. The molecule has 6 heteroatoms. The molecule has 172 valence electrons. The molecule has 0 saturated heterocycles. The topological polar surface area (TPSA) is 53.6 Å². The largest absolute Gasteiger partial charge is 0.491 e. The molecule has 3 rings (SSSR count). The Bertz CT molecular complexity index is 968. The van der Waals surface area contributed by atoms with E-state index in [-0.39, 0.29) is 5.91 Å². The van der Waals surface area contributed by atoms with Gasteiger partial charge in [0.1, 0.15) is 5.75 Å². The fourth-order valence-electron chi connectivity index (χ4n) is 4.27. The van der Waals surface area contributed by atoms with E-state index in [0.717, 1.165) is 37.2 Å². The number of ether oxygens (including phenoxy) is 1. The van der Waals surface area contributed by atoms with E-state index in [1.165, 1.54) is 12.5 Å². The number of amides is 1. The number of para-hydroxylation sites is 1. The highest BCUT2D eigenvalue weighted by Gasteiger charge is 2.22. The normalized spacial score (nSPS) is 14.0. The van der Waals surface area contributed by atoms with Crippen molar-refractivity contribution in [3.63, 3.8) is 0 Å². The Labute approximate surface area is 197 Å². The SMILES string of the molecule is CC(=O)Nc1ccc(NC(=S)N2CCc3ccccc32)cc1OCCC(C)CC(C)(C)C. The Morgan fingerprint density at radius 1 is 1.19 bits per heavy atom. The van der Waals surface area contributed by atoms with Crippen LogP contribution in [-0.4, -0.2) is 24.2 Å². The van der Waals surface area contributed by atoms with Gasteiger partial charge in [0.15, 0.2) is 5.11 Å². The first-order valence-corrected chi connectivity index (χ1v) is 11.7. The van der Waals surface area contributed by atoms with Crippen LogP contribution in [0.1, 0.15) is 53.0 Å². The van der Waals surface area contributed by atoms with Crippen LogP contribution in [0.15, 0.2) is 42.5 Å². The number of anilines is 3. The second-order valence-electron chi connectivity index (χ2n) is 9.86. The lowest BCUT2D eigenvalue weighted by atomic mass is 9.84. The molecule has 0 fully saturated rings. The molecule has 1 unspecified atom stereocenters.